The summed E-state index contributed by atoms with van der Waals surface area (Å²) < 4.78 is 12.0. The molecule has 24 heavy (non-hydrogen) atoms. The molecule has 0 radical (unpaired) electrons. The first-order valence-corrected chi connectivity index (χ1v) is 8.63. The fourth-order valence-electron chi connectivity index (χ4n) is 3.35. The molecule has 2 aliphatic rings. The molecule has 0 spiro atoms. The van der Waals surface area contributed by atoms with Gasteiger partial charge in [-0.25, -0.2) is 0 Å². The second-order valence-corrected chi connectivity index (χ2v) is 6.32. The summed E-state index contributed by atoms with van der Waals surface area (Å²) in [4.78, 5) is 0. The fraction of sp³-hybridized carbons (Fsp3) is 0.273. The van der Waals surface area contributed by atoms with E-state index in [-0.39, 0.29) is 6.10 Å². The maximum atomic E-state index is 6.62. The van der Waals surface area contributed by atoms with Gasteiger partial charge >= 0.3 is 0 Å². The summed E-state index contributed by atoms with van der Waals surface area (Å²) in [6.07, 6.45) is 9.15. The number of hydrogen-bond donors (Lipinski definition) is 0. The Morgan fingerprint density at radius 1 is 0.917 bits per heavy atom. The normalized spacial score (nSPS) is 19.8. The van der Waals surface area contributed by atoms with Gasteiger partial charge in [-0.05, 0) is 29.5 Å². The van der Waals surface area contributed by atoms with Gasteiger partial charge in [0.25, 0.3) is 0 Å². The van der Waals surface area contributed by atoms with Crippen LogP contribution in [-0.4, -0.2) is 19.3 Å². The van der Waals surface area contributed by atoms with Gasteiger partial charge in [-0.15, -0.1) is 0 Å². The lowest BCUT2D eigenvalue weighted by Gasteiger charge is -2.37. The average molecular weight is 318 g/mol. The summed E-state index contributed by atoms with van der Waals surface area (Å²) in [5, 5.41) is 0. The second kappa shape index (κ2) is 6.76. The van der Waals surface area contributed by atoms with Crippen molar-refractivity contribution < 1.29 is 9.47 Å². The standard InChI is InChI=1S/C22H22O2/c1-4-10-18(11-5-1)22(24-17-21-16-23-21,19-12-6-2-7-13-19)20-14-8-3-9-15-20/h1-2,4-8,10-15,21H,3,9,16-17H2/t21-/m0/s1. The molecule has 2 aromatic rings. The van der Waals surface area contributed by atoms with Gasteiger partial charge in [0.05, 0.1) is 13.2 Å². The molecule has 0 unspecified atom stereocenters. The van der Waals surface area contributed by atoms with Crippen LogP contribution in [0.3, 0.4) is 0 Å². The number of rotatable bonds is 6. The number of allylic oxidation sites excluding steroid dienone is 2. The zero-order valence-electron chi connectivity index (χ0n) is 13.7. The van der Waals surface area contributed by atoms with Crippen molar-refractivity contribution in [3.63, 3.8) is 0 Å². The van der Waals surface area contributed by atoms with Crippen LogP contribution in [0.2, 0.25) is 0 Å². The summed E-state index contributed by atoms with van der Waals surface area (Å²) >= 11 is 0. The molecule has 1 aliphatic heterocycles. The largest absolute Gasteiger partial charge is 0.371 e. The van der Waals surface area contributed by atoms with Gasteiger partial charge in [0.15, 0.2) is 0 Å². The quantitative estimate of drug-likeness (QED) is 0.725. The highest BCUT2D eigenvalue weighted by Gasteiger charge is 2.40. The van der Waals surface area contributed by atoms with Crippen molar-refractivity contribution in [2.45, 2.75) is 24.5 Å². The van der Waals surface area contributed by atoms with Crippen molar-refractivity contribution in [3.05, 3.63) is 95.6 Å². The van der Waals surface area contributed by atoms with Gasteiger partial charge in [0, 0.05) is 0 Å². The van der Waals surface area contributed by atoms with E-state index >= 15 is 0 Å². The highest BCUT2D eigenvalue weighted by Crippen LogP contribution is 2.43. The van der Waals surface area contributed by atoms with Crippen molar-refractivity contribution in [3.8, 4) is 0 Å². The molecule has 4 rings (SSSR count). The summed E-state index contributed by atoms with van der Waals surface area (Å²) in [6, 6.07) is 21.0. The Hall–Kier alpha value is -2.16. The molecule has 122 valence electrons. The van der Waals surface area contributed by atoms with Crippen LogP contribution in [0.15, 0.2) is 84.5 Å². The highest BCUT2D eigenvalue weighted by atomic mass is 16.6. The van der Waals surface area contributed by atoms with Crippen molar-refractivity contribution in [1.82, 2.24) is 0 Å². The van der Waals surface area contributed by atoms with E-state index in [1.165, 1.54) is 5.57 Å². The van der Waals surface area contributed by atoms with Crippen LogP contribution in [0.5, 0.6) is 0 Å². The van der Waals surface area contributed by atoms with Gasteiger partial charge in [0.1, 0.15) is 11.7 Å². The molecular weight excluding hydrogens is 296 g/mol. The maximum Gasteiger partial charge on any atom is 0.143 e. The number of hydrogen-bond acceptors (Lipinski definition) is 2. The lowest BCUT2D eigenvalue weighted by atomic mass is 9.78. The molecule has 0 amide bonds. The molecular formula is C22H22O2. The third-order valence-electron chi connectivity index (χ3n) is 4.65. The lowest BCUT2D eigenvalue weighted by Crippen LogP contribution is -2.35. The third-order valence-corrected chi connectivity index (χ3v) is 4.65. The van der Waals surface area contributed by atoms with Gasteiger partial charge in [-0.3, -0.25) is 0 Å². The Balaban J connectivity index is 1.87. The molecule has 2 heteroatoms. The first-order valence-electron chi connectivity index (χ1n) is 8.63. The monoisotopic (exact) mass is 318 g/mol. The lowest BCUT2D eigenvalue weighted by molar-refractivity contribution is 0.00342. The summed E-state index contributed by atoms with van der Waals surface area (Å²) in [7, 11) is 0. The smallest absolute Gasteiger partial charge is 0.143 e. The van der Waals surface area contributed by atoms with Crippen LogP contribution < -0.4 is 0 Å². The molecule has 2 aromatic carbocycles. The Bertz CT molecular complexity index is 688. The first kappa shape index (κ1) is 15.4. The number of epoxide rings is 1. The van der Waals surface area contributed by atoms with Crippen LogP contribution in [0.1, 0.15) is 24.0 Å². The van der Waals surface area contributed by atoms with Crippen LogP contribution in [0.25, 0.3) is 0 Å². The predicted octanol–water partition coefficient (Wildman–Crippen LogP) is 4.62. The van der Waals surface area contributed by atoms with Gasteiger partial charge in [0.2, 0.25) is 0 Å². The minimum absolute atomic E-state index is 0.227. The van der Waals surface area contributed by atoms with Crippen molar-refractivity contribution in [2.24, 2.45) is 0 Å². The average Bonchev–Trinajstić information content (AvgIpc) is 3.50. The molecule has 1 fully saturated rings. The van der Waals surface area contributed by atoms with E-state index < -0.39 is 5.60 Å². The van der Waals surface area contributed by atoms with E-state index in [1.54, 1.807) is 0 Å². The van der Waals surface area contributed by atoms with Crippen molar-refractivity contribution >= 4 is 0 Å². The minimum Gasteiger partial charge on any atom is -0.371 e. The number of benzene rings is 2. The zero-order valence-corrected chi connectivity index (χ0v) is 13.7. The van der Waals surface area contributed by atoms with Crippen LogP contribution in [0.4, 0.5) is 0 Å². The van der Waals surface area contributed by atoms with Crippen LogP contribution in [0, 0.1) is 0 Å². The van der Waals surface area contributed by atoms with E-state index in [4.69, 9.17) is 9.47 Å². The molecule has 1 aliphatic carbocycles. The molecule has 0 saturated carbocycles. The van der Waals surface area contributed by atoms with Crippen LogP contribution in [-0.2, 0) is 15.1 Å². The van der Waals surface area contributed by atoms with E-state index in [0.717, 1.165) is 30.6 Å². The molecule has 0 N–H and O–H groups in total. The van der Waals surface area contributed by atoms with Crippen LogP contribution >= 0.6 is 0 Å². The Morgan fingerprint density at radius 2 is 1.54 bits per heavy atom. The Kier molecular flexibility index (Phi) is 4.33. The number of ether oxygens (including phenoxy) is 2. The predicted molar refractivity (Wildman–Crippen MR) is 95.8 cm³/mol. The summed E-state index contributed by atoms with van der Waals surface area (Å²) in [6.45, 7) is 1.41. The topological polar surface area (TPSA) is 21.8 Å². The fourth-order valence-corrected chi connectivity index (χ4v) is 3.35. The van der Waals surface area contributed by atoms with E-state index in [1.807, 2.05) is 12.1 Å². The molecule has 1 heterocycles. The maximum absolute atomic E-state index is 6.62. The molecule has 2 nitrogen and oxygen atoms in total. The first-order chi connectivity index (χ1) is 11.9. The van der Waals surface area contributed by atoms with Gasteiger partial charge < -0.3 is 9.47 Å². The third kappa shape index (κ3) is 2.95. The van der Waals surface area contributed by atoms with E-state index in [2.05, 4.69) is 66.8 Å². The van der Waals surface area contributed by atoms with Crippen molar-refractivity contribution in [2.75, 3.05) is 13.2 Å². The van der Waals surface area contributed by atoms with E-state index in [0.29, 0.717) is 6.61 Å². The highest BCUT2D eigenvalue weighted by molar-refractivity contribution is 5.50. The zero-order chi connectivity index (χ0) is 16.2. The Morgan fingerprint density at radius 3 is 2.04 bits per heavy atom. The molecule has 0 aromatic heterocycles. The minimum atomic E-state index is -0.578. The molecule has 1 atom stereocenters. The SMILES string of the molecule is C1=CC(C(OC[C@@H]2CO2)(c2ccccc2)c2ccccc2)=CCC1. The summed E-state index contributed by atoms with van der Waals surface area (Å²) in [5.41, 5.74) is 2.96. The van der Waals surface area contributed by atoms with Gasteiger partial charge in [-0.2, -0.15) is 0 Å². The van der Waals surface area contributed by atoms with Crippen molar-refractivity contribution in [1.29, 1.82) is 0 Å². The summed E-state index contributed by atoms with van der Waals surface area (Å²) in [5.74, 6) is 0. The van der Waals surface area contributed by atoms with E-state index in [9.17, 15) is 0 Å². The molecule has 1 saturated heterocycles. The second-order valence-electron chi connectivity index (χ2n) is 6.32. The molecule has 0 bridgehead atoms. The Labute approximate surface area is 143 Å². The van der Waals surface area contributed by atoms with Gasteiger partial charge in [-0.1, -0.05) is 78.9 Å².